The molecule has 3 nitrogen and oxygen atoms in total. The molecule has 0 atom stereocenters. The minimum absolute atomic E-state index is 0.553. The monoisotopic (exact) mass is 213 g/mol. The molecule has 1 aliphatic rings. The van der Waals surface area contributed by atoms with E-state index in [1.807, 2.05) is 13.8 Å². The van der Waals surface area contributed by atoms with Gasteiger partial charge in [-0.2, -0.15) is 0 Å². The van der Waals surface area contributed by atoms with E-state index in [1.54, 1.807) is 0 Å². The average Bonchev–Trinajstić information content (AvgIpc) is 2.16. The summed E-state index contributed by atoms with van der Waals surface area (Å²) in [5, 5.41) is 12.6. The van der Waals surface area contributed by atoms with Gasteiger partial charge < -0.3 is 10.4 Å². The summed E-state index contributed by atoms with van der Waals surface area (Å²) in [6, 6.07) is 0.553. The van der Waals surface area contributed by atoms with E-state index in [4.69, 9.17) is 0 Å². The lowest BCUT2D eigenvalue weighted by Crippen LogP contribution is -2.48. The second-order valence-corrected chi connectivity index (χ2v) is 4.95. The summed E-state index contributed by atoms with van der Waals surface area (Å²) in [6.07, 6.45) is 3.80. The van der Waals surface area contributed by atoms with E-state index >= 15 is 0 Å². The number of carboxylic acid groups (broad SMARTS) is 1. The fourth-order valence-electron chi connectivity index (χ4n) is 2.29. The van der Waals surface area contributed by atoms with Gasteiger partial charge in [-0.25, -0.2) is 0 Å². The topological polar surface area (TPSA) is 49.3 Å². The molecule has 0 aliphatic heterocycles. The highest BCUT2D eigenvalue weighted by atomic mass is 16.4. The zero-order valence-electron chi connectivity index (χ0n) is 10.0. The highest BCUT2D eigenvalue weighted by Gasteiger charge is 2.36. The van der Waals surface area contributed by atoms with Gasteiger partial charge in [0.05, 0.1) is 5.41 Å². The van der Waals surface area contributed by atoms with Gasteiger partial charge in [0.1, 0.15) is 0 Å². The molecule has 1 fully saturated rings. The van der Waals surface area contributed by atoms with Crippen LogP contribution in [0.5, 0.6) is 0 Å². The molecular weight excluding hydrogens is 190 g/mol. The third-order valence-corrected chi connectivity index (χ3v) is 3.91. The molecule has 0 radical (unpaired) electrons. The quantitative estimate of drug-likeness (QED) is 0.711. The number of hydrogen-bond donors (Lipinski definition) is 2. The Balaban J connectivity index is 2.41. The lowest BCUT2D eigenvalue weighted by Gasteiger charge is -2.37. The Morgan fingerprint density at radius 3 is 2.27 bits per heavy atom. The van der Waals surface area contributed by atoms with Gasteiger partial charge in [0.15, 0.2) is 0 Å². The maximum Gasteiger partial charge on any atom is 0.310 e. The Morgan fingerprint density at radius 2 is 1.93 bits per heavy atom. The molecule has 1 aliphatic carbocycles. The number of hydrogen-bond acceptors (Lipinski definition) is 2. The van der Waals surface area contributed by atoms with Crippen LogP contribution in [0.25, 0.3) is 0 Å². The first-order valence-corrected chi connectivity index (χ1v) is 6.01. The molecule has 0 aromatic heterocycles. The van der Waals surface area contributed by atoms with Crippen LogP contribution >= 0.6 is 0 Å². The SMILES string of the molecule is CCC(CC)(CNC1CC(C)C1)C(=O)O. The number of aliphatic carboxylic acids is 1. The number of nitrogens with one attached hydrogen (secondary N) is 1. The summed E-state index contributed by atoms with van der Waals surface area (Å²) in [5.41, 5.74) is -0.557. The maximum absolute atomic E-state index is 11.2. The second-order valence-electron chi connectivity index (χ2n) is 4.95. The Hall–Kier alpha value is -0.570. The van der Waals surface area contributed by atoms with Crippen molar-refractivity contribution in [3.63, 3.8) is 0 Å². The molecule has 88 valence electrons. The van der Waals surface area contributed by atoms with E-state index in [0.717, 1.165) is 5.92 Å². The van der Waals surface area contributed by atoms with Crippen LogP contribution in [-0.2, 0) is 4.79 Å². The molecule has 0 aromatic carbocycles. The van der Waals surface area contributed by atoms with E-state index < -0.39 is 11.4 Å². The van der Waals surface area contributed by atoms with Crippen LogP contribution in [0.3, 0.4) is 0 Å². The van der Waals surface area contributed by atoms with Gasteiger partial charge in [0, 0.05) is 12.6 Å². The first-order chi connectivity index (χ1) is 7.04. The fraction of sp³-hybridized carbons (Fsp3) is 0.917. The van der Waals surface area contributed by atoms with E-state index in [0.29, 0.717) is 25.4 Å². The zero-order valence-corrected chi connectivity index (χ0v) is 10.0. The molecular formula is C12H23NO2. The summed E-state index contributed by atoms with van der Waals surface area (Å²) in [6.45, 7) is 6.78. The summed E-state index contributed by atoms with van der Waals surface area (Å²) < 4.78 is 0. The molecule has 0 aromatic rings. The normalized spacial score (nSPS) is 26.1. The molecule has 0 bridgehead atoms. The van der Waals surface area contributed by atoms with Gasteiger partial charge in [-0.05, 0) is 31.6 Å². The Kier molecular flexibility index (Phi) is 4.14. The Morgan fingerprint density at radius 1 is 1.40 bits per heavy atom. The third kappa shape index (κ3) is 2.71. The van der Waals surface area contributed by atoms with Crippen molar-refractivity contribution < 1.29 is 9.90 Å². The Labute approximate surface area is 92.3 Å². The van der Waals surface area contributed by atoms with Gasteiger partial charge in [0.25, 0.3) is 0 Å². The molecule has 0 amide bonds. The van der Waals surface area contributed by atoms with Gasteiger partial charge in [-0.15, -0.1) is 0 Å². The first-order valence-electron chi connectivity index (χ1n) is 6.01. The van der Waals surface area contributed by atoms with Crippen LogP contribution in [0.4, 0.5) is 0 Å². The van der Waals surface area contributed by atoms with E-state index in [1.165, 1.54) is 12.8 Å². The van der Waals surface area contributed by atoms with Gasteiger partial charge in [-0.1, -0.05) is 20.8 Å². The maximum atomic E-state index is 11.2. The lowest BCUT2D eigenvalue weighted by atomic mass is 9.79. The highest BCUT2D eigenvalue weighted by Crippen LogP contribution is 2.30. The second kappa shape index (κ2) is 4.97. The van der Waals surface area contributed by atoms with E-state index in [-0.39, 0.29) is 0 Å². The van der Waals surface area contributed by atoms with Crippen molar-refractivity contribution >= 4 is 5.97 Å². The standard InChI is InChI=1S/C12H23NO2/c1-4-12(5-2,11(14)15)8-13-10-6-9(3)7-10/h9-10,13H,4-8H2,1-3H3,(H,14,15). The molecule has 0 spiro atoms. The zero-order chi connectivity index (χ0) is 11.5. The highest BCUT2D eigenvalue weighted by molar-refractivity contribution is 5.74. The lowest BCUT2D eigenvalue weighted by molar-refractivity contribution is -0.149. The Bertz CT molecular complexity index is 218. The molecule has 2 N–H and O–H groups in total. The predicted octanol–water partition coefficient (Wildman–Crippen LogP) is 2.27. The number of carboxylic acids is 1. The minimum atomic E-state index is -0.660. The van der Waals surface area contributed by atoms with Crippen LogP contribution in [0.1, 0.15) is 46.5 Å². The van der Waals surface area contributed by atoms with Crippen molar-refractivity contribution in [2.45, 2.75) is 52.5 Å². The van der Waals surface area contributed by atoms with Crippen molar-refractivity contribution in [2.24, 2.45) is 11.3 Å². The molecule has 0 saturated heterocycles. The summed E-state index contributed by atoms with van der Waals surface area (Å²) in [5.74, 6) is 0.150. The van der Waals surface area contributed by atoms with Crippen LogP contribution in [0.15, 0.2) is 0 Å². The van der Waals surface area contributed by atoms with Crippen LogP contribution in [-0.4, -0.2) is 23.7 Å². The number of rotatable bonds is 6. The van der Waals surface area contributed by atoms with Crippen LogP contribution < -0.4 is 5.32 Å². The van der Waals surface area contributed by atoms with E-state index in [9.17, 15) is 9.90 Å². The van der Waals surface area contributed by atoms with Gasteiger partial charge in [-0.3, -0.25) is 4.79 Å². The van der Waals surface area contributed by atoms with Crippen LogP contribution in [0, 0.1) is 11.3 Å². The summed E-state index contributed by atoms with van der Waals surface area (Å²) in [7, 11) is 0. The summed E-state index contributed by atoms with van der Waals surface area (Å²) in [4.78, 5) is 11.2. The average molecular weight is 213 g/mol. The van der Waals surface area contributed by atoms with Crippen LogP contribution in [0.2, 0.25) is 0 Å². The fourth-order valence-corrected chi connectivity index (χ4v) is 2.29. The predicted molar refractivity (Wildman–Crippen MR) is 60.8 cm³/mol. The molecule has 0 unspecified atom stereocenters. The first kappa shape index (κ1) is 12.5. The van der Waals surface area contributed by atoms with Gasteiger partial charge >= 0.3 is 5.97 Å². The van der Waals surface area contributed by atoms with Crippen molar-refractivity contribution in [2.75, 3.05) is 6.54 Å². The van der Waals surface area contributed by atoms with Crippen molar-refractivity contribution in [1.29, 1.82) is 0 Å². The van der Waals surface area contributed by atoms with Crippen molar-refractivity contribution in [1.82, 2.24) is 5.32 Å². The number of carbonyl (C=O) groups is 1. The third-order valence-electron chi connectivity index (χ3n) is 3.91. The largest absolute Gasteiger partial charge is 0.481 e. The summed E-state index contributed by atoms with van der Waals surface area (Å²) >= 11 is 0. The molecule has 15 heavy (non-hydrogen) atoms. The van der Waals surface area contributed by atoms with Crippen molar-refractivity contribution in [3.05, 3.63) is 0 Å². The van der Waals surface area contributed by atoms with Gasteiger partial charge in [0.2, 0.25) is 0 Å². The van der Waals surface area contributed by atoms with E-state index in [2.05, 4.69) is 12.2 Å². The smallest absolute Gasteiger partial charge is 0.310 e. The molecule has 1 rings (SSSR count). The molecule has 0 heterocycles. The molecule has 3 heteroatoms. The minimum Gasteiger partial charge on any atom is -0.481 e. The molecule has 1 saturated carbocycles. The van der Waals surface area contributed by atoms with Crippen molar-refractivity contribution in [3.8, 4) is 0 Å².